The van der Waals surface area contributed by atoms with E-state index in [1.165, 1.54) is 22.1 Å². The molecule has 10 nitrogen and oxygen atoms in total. The lowest BCUT2D eigenvalue weighted by Gasteiger charge is -2.37. The van der Waals surface area contributed by atoms with Gasteiger partial charge in [-0.2, -0.15) is 0 Å². The summed E-state index contributed by atoms with van der Waals surface area (Å²) in [5.74, 6) is -1.43. The number of hydrogen-bond donors (Lipinski definition) is 0. The zero-order chi connectivity index (χ0) is 24.5. The number of carbonyl (C=O) groups is 2. The molecule has 2 aliphatic rings. The second kappa shape index (κ2) is 9.35. The first-order valence-corrected chi connectivity index (χ1v) is 10.8. The molecule has 0 bridgehead atoms. The first-order valence-electron chi connectivity index (χ1n) is 10.8. The van der Waals surface area contributed by atoms with Gasteiger partial charge in [-0.1, -0.05) is 0 Å². The Hall–Kier alpha value is -3.57. The maximum absolute atomic E-state index is 15.1. The standard InChI is InChI=1S/C22H26F2N4O6/c1-22(2,3)34-20(29)27-7-5-26(6-8-27)19-16(23)10-14(11-17(19)24)28-15(13-32-21(28)30)12-31-18-4-9-33-25-18/h4,9-11,15H,5-8,12-13H2,1-3H3. The molecule has 0 aliphatic carbocycles. The number of aromatic nitrogens is 1. The number of hydrogen-bond acceptors (Lipinski definition) is 8. The summed E-state index contributed by atoms with van der Waals surface area (Å²) < 4.78 is 50.7. The van der Waals surface area contributed by atoms with Gasteiger partial charge in [0, 0.05) is 44.4 Å². The van der Waals surface area contributed by atoms with Crippen molar-refractivity contribution in [1.29, 1.82) is 0 Å². The molecule has 0 radical (unpaired) electrons. The van der Waals surface area contributed by atoms with Gasteiger partial charge in [0.25, 0.3) is 5.88 Å². The lowest BCUT2D eigenvalue weighted by atomic mass is 10.1. The molecular weight excluding hydrogens is 454 g/mol. The van der Waals surface area contributed by atoms with Gasteiger partial charge >= 0.3 is 12.2 Å². The van der Waals surface area contributed by atoms with Crippen LogP contribution in [0.1, 0.15) is 20.8 Å². The lowest BCUT2D eigenvalue weighted by molar-refractivity contribution is 0.0240. The molecule has 2 fully saturated rings. The van der Waals surface area contributed by atoms with Crippen molar-refractivity contribution >= 4 is 23.6 Å². The highest BCUT2D eigenvalue weighted by atomic mass is 19.1. The lowest BCUT2D eigenvalue weighted by Crippen LogP contribution is -2.50. The van der Waals surface area contributed by atoms with E-state index in [0.29, 0.717) is 0 Å². The predicted octanol–water partition coefficient (Wildman–Crippen LogP) is 3.41. The molecule has 2 aliphatic heterocycles. The molecule has 184 valence electrons. The summed E-state index contributed by atoms with van der Waals surface area (Å²) in [4.78, 5) is 28.7. The maximum Gasteiger partial charge on any atom is 0.414 e. The Morgan fingerprint density at radius 3 is 2.44 bits per heavy atom. The van der Waals surface area contributed by atoms with Gasteiger partial charge in [-0.05, 0) is 25.9 Å². The Kier molecular flexibility index (Phi) is 6.49. The van der Waals surface area contributed by atoms with E-state index in [9.17, 15) is 9.59 Å². The van der Waals surface area contributed by atoms with Crippen LogP contribution in [0.25, 0.3) is 0 Å². The Morgan fingerprint density at radius 1 is 1.18 bits per heavy atom. The molecular formula is C22H26F2N4O6. The summed E-state index contributed by atoms with van der Waals surface area (Å²) in [5.41, 5.74) is -0.824. The van der Waals surface area contributed by atoms with Crippen molar-refractivity contribution in [2.24, 2.45) is 0 Å². The predicted molar refractivity (Wildman–Crippen MR) is 116 cm³/mol. The fraction of sp³-hybridized carbons (Fsp3) is 0.500. The molecule has 1 aromatic carbocycles. The topological polar surface area (TPSA) is 97.6 Å². The van der Waals surface area contributed by atoms with Crippen LogP contribution in [-0.2, 0) is 9.47 Å². The molecule has 0 saturated carbocycles. The number of rotatable bonds is 5. The summed E-state index contributed by atoms with van der Waals surface area (Å²) in [7, 11) is 0. The number of cyclic esters (lactones) is 1. The van der Waals surface area contributed by atoms with Gasteiger partial charge in [0.15, 0.2) is 11.6 Å². The van der Waals surface area contributed by atoms with Crippen molar-refractivity contribution in [3.05, 3.63) is 36.1 Å². The minimum Gasteiger partial charge on any atom is -0.473 e. The third kappa shape index (κ3) is 5.15. The van der Waals surface area contributed by atoms with Gasteiger partial charge in [0.1, 0.15) is 36.8 Å². The van der Waals surface area contributed by atoms with Gasteiger partial charge in [-0.3, -0.25) is 4.90 Å². The molecule has 2 saturated heterocycles. The van der Waals surface area contributed by atoms with Crippen LogP contribution < -0.4 is 14.5 Å². The molecule has 0 spiro atoms. The van der Waals surface area contributed by atoms with Crippen LogP contribution in [0.5, 0.6) is 5.88 Å². The molecule has 2 amide bonds. The van der Waals surface area contributed by atoms with E-state index in [1.54, 1.807) is 20.8 Å². The van der Waals surface area contributed by atoms with Crippen molar-refractivity contribution in [2.75, 3.05) is 49.2 Å². The van der Waals surface area contributed by atoms with Gasteiger partial charge < -0.3 is 28.5 Å². The first-order chi connectivity index (χ1) is 16.1. The monoisotopic (exact) mass is 480 g/mol. The number of piperazine rings is 1. The number of benzene rings is 1. The van der Waals surface area contributed by atoms with E-state index in [4.69, 9.17) is 14.2 Å². The number of nitrogens with zero attached hydrogens (tertiary/aromatic N) is 4. The van der Waals surface area contributed by atoms with Crippen LogP contribution in [0, 0.1) is 11.6 Å². The van der Waals surface area contributed by atoms with Crippen molar-refractivity contribution in [3.8, 4) is 5.88 Å². The summed E-state index contributed by atoms with van der Waals surface area (Å²) in [6.07, 6.45) is 0.140. The van der Waals surface area contributed by atoms with Crippen LogP contribution in [-0.4, -0.2) is 73.3 Å². The SMILES string of the molecule is CC(C)(C)OC(=O)N1CCN(c2c(F)cc(N3C(=O)OCC3COc3ccon3)cc2F)CC1. The third-order valence-corrected chi connectivity index (χ3v) is 5.33. The normalized spacial score (nSPS) is 18.8. The molecule has 34 heavy (non-hydrogen) atoms. The highest BCUT2D eigenvalue weighted by Gasteiger charge is 2.36. The smallest absolute Gasteiger partial charge is 0.414 e. The Balaban J connectivity index is 1.44. The van der Waals surface area contributed by atoms with Gasteiger partial charge in [0.05, 0.1) is 5.69 Å². The zero-order valence-electron chi connectivity index (χ0n) is 19.1. The molecule has 2 aromatic rings. The third-order valence-electron chi connectivity index (χ3n) is 5.33. The molecule has 1 atom stereocenters. The minimum absolute atomic E-state index is 0.00408. The van der Waals surface area contributed by atoms with E-state index in [1.807, 2.05) is 0 Å². The quantitative estimate of drug-likeness (QED) is 0.642. The van der Waals surface area contributed by atoms with Crippen LogP contribution >= 0.6 is 0 Å². The van der Waals surface area contributed by atoms with Gasteiger partial charge in [-0.15, -0.1) is 0 Å². The summed E-state index contributed by atoms with van der Waals surface area (Å²) in [5, 5.41) is 3.62. The fourth-order valence-corrected chi connectivity index (χ4v) is 3.79. The van der Waals surface area contributed by atoms with Crippen LogP contribution in [0.4, 0.5) is 29.7 Å². The largest absolute Gasteiger partial charge is 0.473 e. The Morgan fingerprint density at radius 2 is 1.85 bits per heavy atom. The second-order valence-corrected chi connectivity index (χ2v) is 8.96. The number of carbonyl (C=O) groups excluding carboxylic acids is 2. The van der Waals surface area contributed by atoms with Crippen LogP contribution in [0.3, 0.4) is 0 Å². The summed E-state index contributed by atoms with van der Waals surface area (Å²) >= 11 is 0. The van der Waals surface area contributed by atoms with E-state index in [-0.39, 0.29) is 56.6 Å². The Bertz CT molecular complexity index is 1010. The molecule has 0 N–H and O–H groups in total. The molecule has 3 heterocycles. The van der Waals surface area contributed by atoms with E-state index >= 15 is 8.78 Å². The zero-order valence-corrected chi connectivity index (χ0v) is 19.1. The summed E-state index contributed by atoms with van der Waals surface area (Å²) in [6, 6.07) is 3.08. The molecule has 1 unspecified atom stereocenters. The average Bonchev–Trinajstić information content (AvgIpc) is 3.40. The van der Waals surface area contributed by atoms with Crippen LogP contribution in [0.2, 0.25) is 0 Å². The van der Waals surface area contributed by atoms with Crippen molar-refractivity contribution < 1.29 is 37.1 Å². The average molecular weight is 480 g/mol. The Labute approximate surface area is 194 Å². The highest BCUT2D eigenvalue weighted by molar-refractivity contribution is 5.90. The van der Waals surface area contributed by atoms with E-state index in [0.717, 1.165) is 17.0 Å². The number of amides is 2. The van der Waals surface area contributed by atoms with Crippen molar-refractivity contribution in [1.82, 2.24) is 10.1 Å². The van der Waals surface area contributed by atoms with Crippen LogP contribution in [0.15, 0.2) is 29.0 Å². The van der Waals surface area contributed by atoms with E-state index in [2.05, 4.69) is 9.68 Å². The molecule has 1 aromatic heterocycles. The maximum atomic E-state index is 15.1. The fourth-order valence-electron chi connectivity index (χ4n) is 3.79. The van der Waals surface area contributed by atoms with E-state index < -0.39 is 35.5 Å². The molecule has 4 rings (SSSR count). The van der Waals surface area contributed by atoms with Gasteiger partial charge in [0.2, 0.25) is 0 Å². The van der Waals surface area contributed by atoms with Crippen molar-refractivity contribution in [3.63, 3.8) is 0 Å². The number of anilines is 2. The first kappa shape index (κ1) is 23.6. The number of ether oxygens (including phenoxy) is 3. The van der Waals surface area contributed by atoms with Crippen molar-refractivity contribution in [2.45, 2.75) is 32.4 Å². The second-order valence-electron chi connectivity index (χ2n) is 8.96. The summed E-state index contributed by atoms with van der Waals surface area (Å²) in [6.45, 7) is 6.28. The highest BCUT2D eigenvalue weighted by Crippen LogP contribution is 2.32. The molecule has 12 heteroatoms. The number of halogens is 2. The van der Waals surface area contributed by atoms with Gasteiger partial charge in [-0.25, -0.2) is 18.4 Å². The minimum atomic E-state index is -0.823.